The van der Waals surface area contributed by atoms with E-state index in [9.17, 15) is 14.4 Å². The molecule has 0 spiro atoms. The van der Waals surface area contributed by atoms with Crippen LogP contribution in [0.2, 0.25) is 0 Å². The molecule has 9 heteroatoms. The van der Waals surface area contributed by atoms with Crippen LogP contribution in [0.1, 0.15) is 50.9 Å². The second-order valence-electron chi connectivity index (χ2n) is 8.67. The molecule has 1 heterocycles. The number of carbonyl (C=O) groups is 3. The predicted octanol–water partition coefficient (Wildman–Crippen LogP) is 1.85. The highest BCUT2D eigenvalue weighted by atomic mass is 16.5. The zero-order valence-corrected chi connectivity index (χ0v) is 18.6. The molecule has 166 valence electrons. The number of nitrogens with one attached hydrogen (secondary N) is 3. The van der Waals surface area contributed by atoms with Crippen molar-refractivity contribution in [2.24, 2.45) is 0 Å². The lowest BCUT2D eigenvalue weighted by Crippen LogP contribution is -2.62. The Bertz CT molecular complexity index is 818. The lowest BCUT2D eigenvalue weighted by atomic mass is 9.79. The lowest BCUT2D eigenvalue weighted by Gasteiger charge is -2.46. The molecule has 0 aromatic heterocycles. The van der Waals surface area contributed by atoms with Gasteiger partial charge in [-0.05, 0) is 40.5 Å². The average molecular weight is 421 g/mol. The van der Waals surface area contributed by atoms with Gasteiger partial charge < -0.3 is 30.2 Å². The van der Waals surface area contributed by atoms with Crippen molar-refractivity contribution in [1.82, 2.24) is 10.6 Å². The first kappa shape index (κ1) is 23.5. The molecule has 2 amide bonds. The molecule has 1 saturated heterocycles. The Morgan fingerprint density at radius 1 is 0.933 bits per heavy atom. The average Bonchev–Trinajstić information content (AvgIpc) is 2.64. The smallest absolute Gasteiger partial charge is 0.340 e. The van der Waals surface area contributed by atoms with Crippen molar-refractivity contribution in [3.63, 3.8) is 0 Å². The molecule has 0 bridgehead atoms. The number of hydrogen-bond acceptors (Lipinski definition) is 7. The molecule has 0 radical (unpaired) electrons. The van der Waals surface area contributed by atoms with Crippen LogP contribution in [0.5, 0.6) is 11.5 Å². The fourth-order valence-corrected chi connectivity index (χ4v) is 4.12. The van der Waals surface area contributed by atoms with Crippen molar-refractivity contribution >= 4 is 23.5 Å². The standard InChI is InChI=1S/C21H31N3O6/c1-20(2)10-12(11-21(3,4)24-20)22-17(25)18(26)23-14-9-16(29-6)15(28-5)8-13(14)19(27)30-7/h8-9,12,24H,10-11H2,1-7H3,(H,22,25)(H,23,26). The van der Waals surface area contributed by atoms with Crippen LogP contribution in [0.3, 0.4) is 0 Å². The van der Waals surface area contributed by atoms with Crippen LogP contribution in [0.25, 0.3) is 0 Å². The quantitative estimate of drug-likeness (QED) is 0.491. The zero-order chi connectivity index (χ0) is 22.7. The van der Waals surface area contributed by atoms with E-state index in [1.165, 1.54) is 33.5 Å². The first-order valence-corrected chi connectivity index (χ1v) is 9.67. The summed E-state index contributed by atoms with van der Waals surface area (Å²) in [6.07, 6.45) is 1.36. The van der Waals surface area contributed by atoms with E-state index in [4.69, 9.17) is 14.2 Å². The van der Waals surface area contributed by atoms with E-state index < -0.39 is 17.8 Å². The Balaban J connectivity index is 2.20. The van der Waals surface area contributed by atoms with Gasteiger partial charge in [-0.15, -0.1) is 0 Å². The maximum Gasteiger partial charge on any atom is 0.340 e. The molecule has 1 aliphatic rings. The normalized spacial score (nSPS) is 17.6. The third kappa shape index (κ3) is 5.63. The summed E-state index contributed by atoms with van der Waals surface area (Å²) in [6, 6.07) is 2.63. The van der Waals surface area contributed by atoms with Gasteiger partial charge in [0, 0.05) is 29.3 Å². The number of esters is 1. The molecule has 0 atom stereocenters. The first-order valence-electron chi connectivity index (χ1n) is 9.67. The van der Waals surface area contributed by atoms with Gasteiger partial charge in [0.05, 0.1) is 32.6 Å². The number of rotatable bonds is 5. The zero-order valence-electron chi connectivity index (χ0n) is 18.6. The number of anilines is 1. The summed E-state index contributed by atoms with van der Waals surface area (Å²) >= 11 is 0. The predicted molar refractivity (Wildman–Crippen MR) is 112 cm³/mol. The second-order valence-corrected chi connectivity index (χ2v) is 8.67. The van der Waals surface area contributed by atoms with E-state index in [-0.39, 0.29) is 28.4 Å². The number of benzene rings is 1. The molecule has 1 aliphatic heterocycles. The molecular formula is C21H31N3O6. The number of carbonyl (C=O) groups excluding carboxylic acids is 3. The summed E-state index contributed by atoms with van der Waals surface area (Å²) in [7, 11) is 4.07. The number of hydrogen-bond donors (Lipinski definition) is 3. The van der Waals surface area contributed by atoms with Crippen LogP contribution in [-0.4, -0.2) is 56.2 Å². The highest BCUT2D eigenvalue weighted by Gasteiger charge is 2.38. The molecule has 0 saturated carbocycles. The number of ether oxygens (including phenoxy) is 3. The van der Waals surface area contributed by atoms with E-state index in [1.54, 1.807) is 0 Å². The van der Waals surface area contributed by atoms with Crippen molar-refractivity contribution in [2.75, 3.05) is 26.6 Å². The Morgan fingerprint density at radius 3 is 1.97 bits per heavy atom. The van der Waals surface area contributed by atoms with Crippen LogP contribution in [0.15, 0.2) is 12.1 Å². The van der Waals surface area contributed by atoms with Gasteiger partial charge in [0.15, 0.2) is 11.5 Å². The molecule has 1 aromatic carbocycles. The Hall–Kier alpha value is -2.81. The minimum absolute atomic E-state index is 0.0421. The van der Waals surface area contributed by atoms with E-state index in [1.807, 2.05) is 0 Å². The fraction of sp³-hybridized carbons (Fsp3) is 0.571. The van der Waals surface area contributed by atoms with Crippen LogP contribution in [0, 0.1) is 0 Å². The first-order chi connectivity index (χ1) is 13.9. The van der Waals surface area contributed by atoms with Gasteiger partial charge in [-0.2, -0.15) is 0 Å². The largest absolute Gasteiger partial charge is 0.493 e. The van der Waals surface area contributed by atoms with E-state index in [0.717, 1.165) is 0 Å². The Labute approximate surface area is 176 Å². The third-order valence-corrected chi connectivity index (χ3v) is 4.91. The maximum absolute atomic E-state index is 12.6. The second kappa shape index (κ2) is 8.91. The molecule has 30 heavy (non-hydrogen) atoms. The molecule has 1 aromatic rings. The summed E-state index contributed by atoms with van der Waals surface area (Å²) in [5.74, 6) is -1.77. The van der Waals surface area contributed by atoms with Crippen molar-refractivity contribution in [1.29, 1.82) is 0 Å². The summed E-state index contributed by atoms with van der Waals surface area (Å²) < 4.78 is 15.2. The van der Waals surface area contributed by atoms with Crippen LogP contribution >= 0.6 is 0 Å². The summed E-state index contributed by atoms with van der Waals surface area (Å²) in [5.41, 5.74) is -0.235. The monoisotopic (exact) mass is 421 g/mol. The Morgan fingerprint density at radius 2 is 1.47 bits per heavy atom. The van der Waals surface area contributed by atoms with E-state index in [0.29, 0.717) is 24.3 Å². The van der Waals surface area contributed by atoms with Gasteiger partial charge in [-0.1, -0.05) is 0 Å². The van der Waals surface area contributed by atoms with Gasteiger partial charge >= 0.3 is 17.8 Å². The molecule has 1 fully saturated rings. The molecule has 2 rings (SSSR count). The van der Waals surface area contributed by atoms with Gasteiger partial charge in [-0.3, -0.25) is 9.59 Å². The highest BCUT2D eigenvalue weighted by molar-refractivity contribution is 6.40. The minimum Gasteiger partial charge on any atom is -0.493 e. The van der Waals surface area contributed by atoms with E-state index >= 15 is 0 Å². The maximum atomic E-state index is 12.6. The van der Waals surface area contributed by atoms with Crippen molar-refractivity contribution in [3.8, 4) is 11.5 Å². The van der Waals surface area contributed by atoms with E-state index in [2.05, 4.69) is 43.6 Å². The molecular weight excluding hydrogens is 390 g/mol. The third-order valence-electron chi connectivity index (χ3n) is 4.91. The number of piperidine rings is 1. The molecule has 0 aliphatic carbocycles. The van der Waals surface area contributed by atoms with Crippen LogP contribution < -0.4 is 25.4 Å². The highest BCUT2D eigenvalue weighted by Crippen LogP contribution is 2.34. The van der Waals surface area contributed by atoms with Crippen LogP contribution in [-0.2, 0) is 14.3 Å². The summed E-state index contributed by atoms with van der Waals surface area (Å²) in [4.78, 5) is 37.2. The summed E-state index contributed by atoms with van der Waals surface area (Å²) in [5, 5.41) is 8.81. The lowest BCUT2D eigenvalue weighted by molar-refractivity contribution is -0.137. The number of amides is 2. The molecule has 3 N–H and O–H groups in total. The van der Waals surface area contributed by atoms with Crippen molar-refractivity contribution < 1.29 is 28.6 Å². The van der Waals surface area contributed by atoms with Gasteiger partial charge in [0.25, 0.3) is 0 Å². The van der Waals surface area contributed by atoms with Crippen molar-refractivity contribution in [2.45, 2.75) is 57.7 Å². The topological polar surface area (TPSA) is 115 Å². The van der Waals surface area contributed by atoms with Crippen LogP contribution in [0.4, 0.5) is 5.69 Å². The molecule has 0 unspecified atom stereocenters. The van der Waals surface area contributed by atoms with Crippen molar-refractivity contribution in [3.05, 3.63) is 17.7 Å². The SMILES string of the molecule is COC(=O)c1cc(OC)c(OC)cc1NC(=O)C(=O)NC1CC(C)(C)NC(C)(C)C1. The van der Waals surface area contributed by atoms with Gasteiger partial charge in [0.1, 0.15) is 0 Å². The summed E-state index contributed by atoms with van der Waals surface area (Å²) in [6.45, 7) is 8.22. The minimum atomic E-state index is -0.887. The number of methoxy groups -OCH3 is 3. The van der Waals surface area contributed by atoms with Gasteiger partial charge in [-0.25, -0.2) is 4.79 Å². The Kier molecular flexibility index (Phi) is 6.97. The fourth-order valence-electron chi connectivity index (χ4n) is 4.12. The van der Waals surface area contributed by atoms with Gasteiger partial charge in [0.2, 0.25) is 0 Å². The molecule has 9 nitrogen and oxygen atoms in total.